The number of rotatable bonds is 4. The van der Waals surface area contributed by atoms with Gasteiger partial charge < -0.3 is 5.32 Å². The van der Waals surface area contributed by atoms with Crippen molar-refractivity contribution in [1.29, 1.82) is 0 Å². The second kappa shape index (κ2) is 4.81. The van der Waals surface area contributed by atoms with Gasteiger partial charge in [-0.05, 0) is 31.2 Å². The van der Waals surface area contributed by atoms with E-state index in [0.717, 1.165) is 12.5 Å². The van der Waals surface area contributed by atoms with Crippen LogP contribution in [0.2, 0.25) is 0 Å². The lowest BCUT2D eigenvalue weighted by atomic mass is 9.57. The monoisotopic (exact) mass is 231 g/mol. The minimum atomic E-state index is 0.385. The number of benzene rings is 1. The standard InChI is InChI=1S/C16H25N/c1-12(2)17-11-16(9-8-14(16)4)15-7-5-6-13(3)10-15/h5-7,10,12,14,17H,8-9,11H2,1-4H3. The lowest BCUT2D eigenvalue weighted by Crippen LogP contribution is -2.51. The fraction of sp³-hybridized carbons (Fsp3) is 0.625. The average Bonchev–Trinajstić information content (AvgIpc) is 2.27. The first-order valence-corrected chi connectivity index (χ1v) is 6.85. The molecule has 0 heterocycles. The first-order valence-electron chi connectivity index (χ1n) is 6.85. The van der Waals surface area contributed by atoms with Crippen LogP contribution in [-0.2, 0) is 5.41 Å². The van der Waals surface area contributed by atoms with Crippen molar-refractivity contribution >= 4 is 0 Å². The van der Waals surface area contributed by atoms with E-state index in [1.165, 1.54) is 24.0 Å². The fourth-order valence-corrected chi connectivity index (χ4v) is 2.92. The van der Waals surface area contributed by atoms with Gasteiger partial charge in [0.1, 0.15) is 0 Å². The van der Waals surface area contributed by atoms with Crippen molar-refractivity contribution in [3.63, 3.8) is 0 Å². The Morgan fingerprint density at radius 1 is 1.41 bits per heavy atom. The molecule has 2 unspecified atom stereocenters. The fourth-order valence-electron chi connectivity index (χ4n) is 2.92. The lowest BCUT2D eigenvalue weighted by molar-refractivity contribution is 0.131. The molecule has 0 amide bonds. The summed E-state index contributed by atoms with van der Waals surface area (Å²) in [5.74, 6) is 0.801. The Hall–Kier alpha value is -0.820. The maximum atomic E-state index is 3.64. The van der Waals surface area contributed by atoms with Crippen LogP contribution in [-0.4, -0.2) is 12.6 Å². The molecule has 1 nitrogen and oxygen atoms in total. The molecule has 1 aromatic carbocycles. The minimum absolute atomic E-state index is 0.385. The Morgan fingerprint density at radius 3 is 2.65 bits per heavy atom. The molecule has 0 radical (unpaired) electrons. The molecule has 2 rings (SSSR count). The van der Waals surface area contributed by atoms with Gasteiger partial charge in [-0.2, -0.15) is 0 Å². The predicted octanol–water partition coefficient (Wildman–Crippen LogP) is 3.66. The van der Waals surface area contributed by atoms with Gasteiger partial charge in [0.15, 0.2) is 0 Å². The third kappa shape index (κ3) is 2.40. The molecule has 1 aromatic rings. The van der Waals surface area contributed by atoms with Crippen molar-refractivity contribution < 1.29 is 0 Å². The zero-order chi connectivity index (χ0) is 12.5. The second-order valence-corrected chi connectivity index (χ2v) is 6.00. The van der Waals surface area contributed by atoms with E-state index in [1.807, 2.05) is 0 Å². The summed E-state index contributed by atoms with van der Waals surface area (Å²) in [4.78, 5) is 0. The van der Waals surface area contributed by atoms with E-state index in [2.05, 4.69) is 57.3 Å². The molecule has 94 valence electrons. The maximum Gasteiger partial charge on any atom is 0.0104 e. The zero-order valence-electron chi connectivity index (χ0n) is 11.6. The Balaban J connectivity index is 2.22. The van der Waals surface area contributed by atoms with E-state index in [1.54, 1.807) is 0 Å². The van der Waals surface area contributed by atoms with Gasteiger partial charge in [-0.3, -0.25) is 0 Å². The summed E-state index contributed by atoms with van der Waals surface area (Å²) in [7, 11) is 0. The van der Waals surface area contributed by atoms with Crippen LogP contribution in [0.1, 0.15) is 44.7 Å². The van der Waals surface area contributed by atoms with Crippen LogP contribution in [0.3, 0.4) is 0 Å². The smallest absolute Gasteiger partial charge is 0.0104 e. The molecule has 1 heteroatoms. The molecule has 1 aliphatic carbocycles. The molecule has 0 aromatic heterocycles. The van der Waals surface area contributed by atoms with Crippen LogP contribution in [0.4, 0.5) is 0 Å². The largest absolute Gasteiger partial charge is 0.314 e. The van der Waals surface area contributed by atoms with Crippen molar-refractivity contribution in [3.8, 4) is 0 Å². The van der Waals surface area contributed by atoms with Gasteiger partial charge in [0.25, 0.3) is 0 Å². The van der Waals surface area contributed by atoms with E-state index < -0.39 is 0 Å². The Bertz CT molecular complexity index is 383. The summed E-state index contributed by atoms with van der Waals surface area (Å²) >= 11 is 0. The predicted molar refractivity (Wildman–Crippen MR) is 74.4 cm³/mol. The molecular formula is C16H25N. The molecule has 1 fully saturated rings. The summed E-state index contributed by atoms with van der Waals surface area (Å²) in [6, 6.07) is 9.65. The van der Waals surface area contributed by atoms with Crippen LogP contribution >= 0.6 is 0 Å². The SMILES string of the molecule is Cc1cccc(C2(CNC(C)C)CCC2C)c1. The highest BCUT2D eigenvalue weighted by Crippen LogP contribution is 2.48. The molecular weight excluding hydrogens is 206 g/mol. The maximum absolute atomic E-state index is 3.64. The van der Waals surface area contributed by atoms with Gasteiger partial charge in [0, 0.05) is 18.0 Å². The third-order valence-electron chi connectivity index (χ3n) is 4.39. The van der Waals surface area contributed by atoms with Crippen LogP contribution in [0.5, 0.6) is 0 Å². The molecule has 2 atom stereocenters. The number of hydrogen-bond donors (Lipinski definition) is 1. The highest BCUT2D eigenvalue weighted by Gasteiger charge is 2.44. The van der Waals surface area contributed by atoms with Crippen LogP contribution in [0, 0.1) is 12.8 Å². The number of nitrogens with one attached hydrogen (secondary N) is 1. The number of hydrogen-bond acceptors (Lipinski definition) is 1. The highest BCUT2D eigenvalue weighted by atomic mass is 14.9. The van der Waals surface area contributed by atoms with Crippen molar-refractivity contribution in [2.24, 2.45) is 5.92 Å². The van der Waals surface area contributed by atoms with Crippen molar-refractivity contribution in [2.45, 2.75) is 52.0 Å². The van der Waals surface area contributed by atoms with Crippen molar-refractivity contribution in [1.82, 2.24) is 5.32 Å². The Labute approximate surface area is 106 Å². The normalized spacial score (nSPS) is 28.2. The summed E-state index contributed by atoms with van der Waals surface area (Å²) in [6.07, 6.45) is 2.70. The van der Waals surface area contributed by atoms with E-state index >= 15 is 0 Å². The molecule has 0 spiro atoms. The first kappa shape index (κ1) is 12.6. The van der Waals surface area contributed by atoms with Gasteiger partial charge in [-0.1, -0.05) is 50.6 Å². The molecule has 1 N–H and O–H groups in total. The van der Waals surface area contributed by atoms with Crippen LogP contribution in [0.25, 0.3) is 0 Å². The van der Waals surface area contributed by atoms with Crippen LogP contribution in [0.15, 0.2) is 24.3 Å². The molecule has 0 saturated heterocycles. The summed E-state index contributed by atoms with van der Waals surface area (Å²) < 4.78 is 0. The van der Waals surface area contributed by atoms with Gasteiger partial charge in [0.05, 0.1) is 0 Å². The van der Waals surface area contributed by atoms with Crippen LogP contribution < -0.4 is 5.32 Å². The van der Waals surface area contributed by atoms with Gasteiger partial charge >= 0.3 is 0 Å². The summed E-state index contributed by atoms with van der Waals surface area (Å²) in [6.45, 7) is 10.2. The molecule has 0 aliphatic heterocycles. The number of aryl methyl sites for hydroxylation is 1. The second-order valence-electron chi connectivity index (χ2n) is 6.00. The highest BCUT2D eigenvalue weighted by molar-refractivity contribution is 5.33. The Morgan fingerprint density at radius 2 is 2.18 bits per heavy atom. The quantitative estimate of drug-likeness (QED) is 0.834. The van der Waals surface area contributed by atoms with Crippen molar-refractivity contribution in [2.75, 3.05) is 6.54 Å². The third-order valence-corrected chi connectivity index (χ3v) is 4.39. The Kier molecular flexibility index (Phi) is 3.58. The molecule has 17 heavy (non-hydrogen) atoms. The van der Waals surface area contributed by atoms with Crippen molar-refractivity contribution in [3.05, 3.63) is 35.4 Å². The van der Waals surface area contributed by atoms with E-state index in [0.29, 0.717) is 11.5 Å². The summed E-state index contributed by atoms with van der Waals surface area (Å²) in [5, 5.41) is 3.64. The zero-order valence-corrected chi connectivity index (χ0v) is 11.6. The van der Waals surface area contributed by atoms with E-state index in [9.17, 15) is 0 Å². The van der Waals surface area contributed by atoms with Gasteiger partial charge in [-0.25, -0.2) is 0 Å². The first-order chi connectivity index (χ1) is 8.04. The average molecular weight is 231 g/mol. The lowest BCUT2D eigenvalue weighted by Gasteiger charge is -2.49. The van der Waals surface area contributed by atoms with E-state index in [4.69, 9.17) is 0 Å². The molecule has 0 bridgehead atoms. The summed E-state index contributed by atoms with van der Waals surface area (Å²) in [5.41, 5.74) is 3.30. The molecule has 1 aliphatic rings. The molecule has 1 saturated carbocycles. The minimum Gasteiger partial charge on any atom is -0.314 e. The van der Waals surface area contributed by atoms with E-state index in [-0.39, 0.29) is 0 Å². The van der Waals surface area contributed by atoms with Gasteiger partial charge in [-0.15, -0.1) is 0 Å². The van der Waals surface area contributed by atoms with Gasteiger partial charge in [0.2, 0.25) is 0 Å². The topological polar surface area (TPSA) is 12.0 Å².